The maximum atomic E-state index is 12.9. The number of amides is 2. The minimum atomic E-state index is -3.79. The van der Waals surface area contributed by atoms with Gasteiger partial charge in [0.25, 0.3) is 5.91 Å². The number of carbonyl (C=O) groups excluding carboxylic acids is 2. The molecule has 1 fully saturated rings. The highest BCUT2D eigenvalue weighted by molar-refractivity contribution is 7.89. The van der Waals surface area contributed by atoms with Gasteiger partial charge >= 0.3 is 0 Å². The van der Waals surface area contributed by atoms with Gasteiger partial charge in [0.1, 0.15) is 16.6 Å². The van der Waals surface area contributed by atoms with Crippen LogP contribution < -0.4 is 11.1 Å². The first-order valence-electron chi connectivity index (χ1n) is 10.0. The Morgan fingerprint density at radius 1 is 1.19 bits per heavy atom. The summed E-state index contributed by atoms with van der Waals surface area (Å²) < 4.78 is 29.7. The van der Waals surface area contributed by atoms with E-state index in [1.165, 1.54) is 32.5 Å². The van der Waals surface area contributed by atoms with E-state index in [1.54, 1.807) is 18.9 Å². The Morgan fingerprint density at radius 3 is 2.50 bits per heavy atom. The van der Waals surface area contributed by atoms with Crippen LogP contribution in [0, 0.1) is 0 Å². The van der Waals surface area contributed by atoms with Gasteiger partial charge in [-0.25, -0.2) is 13.4 Å². The van der Waals surface area contributed by atoms with Gasteiger partial charge in [-0.1, -0.05) is 23.5 Å². The van der Waals surface area contributed by atoms with Crippen LogP contribution in [0.15, 0.2) is 41.4 Å². The molecule has 0 bridgehead atoms. The van der Waals surface area contributed by atoms with E-state index in [1.807, 2.05) is 24.3 Å². The first-order chi connectivity index (χ1) is 15.2. The Bertz CT molecular complexity index is 1240. The number of aromatic nitrogens is 2. The molecule has 3 N–H and O–H groups in total. The fourth-order valence-electron chi connectivity index (χ4n) is 3.67. The first kappa shape index (κ1) is 22.2. The molecule has 10 nitrogen and oxygen atoms in total. The van der Waals surface area contributed by atoms with Crippen molar-refractivity contribution in [1.82, 2.24) is 18.8 Å². The summed E-state index contributed by atoms with van der Waals surface area (Å²) in [7, 11) is -2.22. The lowest BCUT2D eigenvalue weighted by atomic mass is 10.2. The number of nitrogens with zero attached hydrogens (tertiary/aromatic N) is 4. The number of piperazine rings is 1. The Balaban J connectivity index is 1.38. The topological polar surface area (TPSA) is 131 Å². The number of carbonyl (C=O) groups is 2. The maximum absolute atomic E-state index is 12.9. The average molecular weight is 477 g/mol. The monoisotopic (exact) mass is 476 g/mol. The SMILES string of the molecule is CC(Nc1nc2ccccc2s1)C(=O)N1CCN(S(=O)(=O)c2cc(C(N)=O)n(C)c2)CC1. The van der Waals surface area contributed by atoms with Gasteiger partial charge in [-0.05, 0) is 25.1 Å². The van der Waals surface area contributed by atoms with Crippen LogP contribution in [0.3, 0.4) is 0 Å². The molecule has 1 aromatic carbocycles. The summed E-state index contributed by atoms with van der Waals surface area (Å²) in [6, 6.07) is 8.53. The normalized spacial score (nSPS) is 16.2. The predicted octanol–water partition coefficient (Wildman–Crippen LogP) is 1.07. The number of nitrogens with two attached hydrogens (primary N) is 1. The van der Waals surface area contributed by atoms with Crippen LogP contribution in [-0.2, 0) is 21.9 Å². The lowest BCUT2D eigenvalue weighted by molar-refractivity contribution is -0.132. The molecule has 4 rings (SSSR count). The van der Waals surface area contributed by atoms with Crippen LogP contribution in [-0.4, -0.2) is 71.2 Å². The molecule has 1 aliphatic heterocycles. The number of hydrogen-bond acceptors (Lipinski definition) is 7. The van der Waals surface area contributed by atoms with Gasteiger partial charge in [0.05, 0.1) is 10.2 Å². The van der Waals surface area contributed by atoms with Crippen molar-refractivity contribution in [2.45, 2.75) is 17.9 Å². The third kappa shape index (κ3) is 4.20. The predicted molar refractivity (Wildman–Crippen MR) is 122 cm³/mol. The largest absolute Gasteiger partial charge is 0.364 e. The minimum absolute atomic E-state index is 0.0134. The number of benzene rings is 1. The Morgan fingerprint density at radius 2 is 1.88 bits per heavy atom. The molecule has 3 heterocycles. The number of aryl methyl sites for hydroxylation is 1. The van der Waals surface area contributed by atoms with Crippen molar-refractivity contribution in [3.63, 3.8) is 0 Å². The second kappa shape index (κ2) is 8.52. The highest BCUT2D eigenvalue weighted by atomic mass is 32.2. The van der Waals surface area contributed by atoms with Crippen molar-refractivity contribution < 1.29 is 18.0 Å². The summed E-state index contributed by atoms with van der Waals surface area (Å²) in [5, 5.41) is 3.82. The second-order valence-electron chi connectivity index (χ2n) is 7.62. The molecule has 1 unspecified atom stereocenters. The molecule has 2 aromatic heterocycles. The number of sulfonamides is 1. The van der Waals surface area contributed by atoms with E-state index in [0.29, 0.717) is 5.13 Å². The smallest absolute Gasteiger partial charge is 0.265 e. The lowest BCUT2D eigenvalue weighted by Gasteiger charge is -2.35. The highest BCUT2D eigenvalue weighted by Crippen LogP contribution is 2.26. The van der Waals surface area contributed by atoms with Gasteiger partial charge in [-0.2, -0.15) is 4.31 Å². The van der Waals surface area contributed by atoms with Crippen molar-refractivity contribution in [3.8, 4) is 0 Å². The Hall–Kier alpha value is -2.96. The zero-order valence-corrected chi connectivity index (χ0v) is 19.3. The Labute approximate surface area is 189 Å². The van der Waals surface area contributed by atoms with Crippen LogP contribution in [0.2, 0.25) is 0 Å². The number of primary amides is 1. The van der Waals surface area contributed by atoms with Crippen molar-refractivity contribution in [1.29, 1.82) is 0 Å². The summed E-state index contributed by atoms with van der Waals surface area (Å²) in [4.78, 5) is 30.5. The Kier molecular flexibility index (Phi) is 5.93. The number of para-hydroxylation sites is 1. The zero-order valence-electron chi connectivity index (χ0n) is 17.7. The molecule has 1 atom stereocenters. The maximum Gasteiger partial charge on any atom is 0.265 e. The van der Waals surface area contributed by atoms with E-state index in [4.69, 9.17) is 5.73 Å². The van der Waals surface area contributed by atoms with Crippen molar-refractivity contribution in [3.05, 3.63) is 42.2 Å². The van der Waals surface area contributed by atoms with Crippen LogP contribution in [0.25, 0.3) is 10.2 Å². The number of anilines is 1. The molecule has 0 saturated carbocycles. The number of nitrogens with one attached hydrogen (secondary N) is 1. The molecule has 3 aromatic rings. The van der Waals surface area contributed by atoms with Crippen molar-refractivity contribution >= 4 is 48.5 Å². The summed E-state index contributed by atoms with van der Waals surface area (Å²) in [6.45, 7) is 2.66. The molecular formula is C20H24N6O4S2. The van der Waals surface area contributed by atoms with E-state index in [0.717, 1.165) is 10.2 Å². The molecule has 12 heteroatoms. The highest BCUT2D eigenvalue weighted by Gasteiger charge is 2.32. The first-order valence-corrected chi connectivity index (χ1v) is 12.3. The van der Waals surface area contributed by atoms with Gasteiger partial charge in [0, 0.05) is 39.4 Å². The van der Waals surface area contributed by atoms with Crippen LogP contribution in [0.5, 0.6) is 0 Å². The van der Waals surface area contributed by atoms with Crippen LogP contribution in [0.4, 0.5) is 5.13 Å². The third-order valence-corrected chi connectivity index (χ3v) is 8.26. The van der Waals surface area contributed by atoms with E-state index in [9.17, 15) is 18.0 Å². The molecule has 1 saturated heterocycles. The van der Waals surface area contributed by atoms with E-state index < -0.39 is 22.0 Å². The molecule has 2 amide bonds. The molecular weight excluding hydrogens is 452 g/mol. The third-order valence-electron chi connectivity index (χ3n) is 5.42. The van der Waals surface area contributed by atoms with Gasteiger partial charge in [-0.15, -0.1) is 0 Å². The second-order valence-corrected chi connectivity index (χ2v) is 10.6. The standard InChI is InChI=1S/C20H24N6O4S2/c1-13(22-20-23-15-5-3-4-6-17(15)31-20)19(28)25-7-9-26(10-8-25)32(29,30)14-11-16(18(21)27)24(2)12-14/h3-6,11-13H,7-10H2,1-2H3,(H2,21,27)(H,22,23). The zero-order chi connectivity index (χ0) is 23.0. The molecule has 0 spiro atoms. The summed E-state index contributed by atoms with van der Waals surface area (Å²) in [5.74, 6) is -0.809. The lowest BCUT2D eigenvalue weighted by Crippen LogP contribution is -2.53. The fourth-order valence-corrected chi connectivity index (χ4v) is 6.12. The average Bonchev–Trinajstić information content (AvgIpc) is 3.36. The molecule has 0 radical (unpaired) electrons. The van der Waals surface area contributed by atoms with Crippen molar-refractivity contribution in [2.24, 2.45) is 12.8 Å². The summed E-state index contributed by atoms with van der Waals surface area (Å²) in [5.41, 5.74) is 6.28. The van der Waals surface area contributed by atoms with E-state index in [2.05, 4.69) is 10.3 Å². The van der Waals surface area contributed by atoms with Gasteiger partial charge in [-0.3, -0.25) is 9.59 Å². The quantitative estimate of drug-likeness (QED) is 0.547. The van der Waals surface area contributed by atoms with Gasteiger partial charge in [0.15, 0.2) is 5.13 Å². The molecule has 1 aliphatic rings. The van der Waals surface area contributed by atoms with Gasteiger partial charge < -0.3 is 20.5 Å². The number of rotatable bonds is 6. The minimum Gasteiger partial charge on any atom is -0.364 e. The van der Waals surface area contributed by atoms with Gasteiger partial charge in [0.2, 0.25) is 15.9 Å². The molecule has 170 valence electrons. The molecule has 0 aliphatic carbocycles. The van der Waals surface area contributed by atoms with E-state index in [-0.39, 0.29) is 42.7 Å². The van der Waals surface area contributed by atoms with Crippen LogP contribution in [0.1, 0.15) is 17.4 Å². The fraction of sp³-hybridized carbons (Fsp3) is 0.350. The molecule has 32 heavy (non-hydrogen) atoms. The number of thiazole rings is 1. The number of hydrogen-bond donors (Lipinski definition) is 2. The summed E-state index contributed by atoms with van der Waals surface area (Å²) >= 11 is 1.48. The summed E-state index contributed by atoms with van der Waals surface area (Å²) in [6.07, 6.45) is 1.37. The van der Waals surface area contributed by atoms with Crippen molar-refractivity contribution in [2.75, 3.05) is 31.5 Å². The van der Waals surface area contributed by atoms with E-state index >= 15 is 0 Å². The van der Waals surface area contributed by atoms with Crippen LogP contribution >= 0.6 is 11.3 Å². The number of fused-ring (bicyclic) bond motifs is 1.